The Morgan fingerprint density at radius 3 is 2.75 bits per heavy atom. The fourth-order valence-electron chi connectivity index (χ4n) is 2.95. The average Bonchev–Trinajstić information content (AvgIpc) is 3.23. The highest BCUT2D eigenvalue weighted by Crippen LogP contribution is 2.42. The molecule has 1 fully saturated rings. The van der Waals surface area contributed by atoms with Crippen molar-refractivity contribution in [3.63, 3.8) is 0 Å². The Bertz CT molecular complexity index is 715. The Labute approximate surface area is 148 Å². The summed E-state index contributed by atoms with van der Waals surface area (Å²) in [4.78, 5) is 10.6. The van der Waals surface area contributed by atoms with Crippen LogP contribution in [0.1, 0.15) is 46.0 Å². The molecule has 1 aliphatic rings. The van der Waals surface area contributed by atoms with Gasteiger partial charge in [0.05, 0.1) is 12.2 Å². The van der Waals surface area contributed by atoms with Crippen molar-refractivity contribution in [2.45, 2.75) is 52.6 Å². The number of aryl methyl sites for hydroxylation is 3. The van der Waals surface area contributed by atoms with Crippen LogP contribution in [0.4, 0.5) is 0 Å². The third kappa shape index (κ3) is 3.96. The van der Waals surface area contributed by atoms with Gasteiger partial charge in [0.2, 0.25) is 0 Å². The molecule has 1 aliphatic carbocycles. The molecule has 0 spiro atoms. The predicted octanol–water partition coefficient (Wildman–Crippen LogP) is 3.68. The summed E-state index contributed by atoms with van der Waals surface area (Å²) in [6.45, 7) is 9.96. The van der Waals surface area contributed by atoms with E-state index in [1.165, 1.54) is 22.4 Å². The van der Waals surface area contributed by atoms with Crippen molar-refractivity contribution in [2.24, 2.45) is 4.99 Å². The van der Waals surface area contributed by atoms with Crippen LogP contribution in [0.15, 0.2) is 29.3 Å². The summed E-state index contributed by atoms with van der Waals surface area (Å²) in [6, 6.07) is 9.14. The molecule has 0 aliphatic heterocycles. The maximum atomic E-state index is 4.71. The first-order chi connectivity index (χ1) is 11.6. The van der Waals surface area contributed by atoms with Crippen molar-refractivity contribution in [3.05, 3.63) is 51.0 Å². The van der Waals surface area contributed by atoms with Gasteiger partial charge in [-0.1, -0.05) is 24.3 Å². The molecule has 0 saturated heterocycles. The van der Waals surface area contributed by atoms with E-state index in [0.29, 0.717) is 18.5 Å². The van der Waals surface area contributed by atoms with Crippen LogP contribution < -0.4 is 10.6 Å². The van der Waals surface area contributed by atoms with Crippen LogP contribution in [-0.2, 0) is 6.54 Å². The van der Waals surface area contributed by atoms with E-state index < -0.39 is 0 Å². The van der Waals surface area contributed by atoms with Crippen LogP contribution in [-0.4, -0.2) is 23.5 Å². The van der Waals surface area contributed by atoms with Gasteiger partial charge in [-0.15, -0.1) is 11.3 Å². The molecule has 2 unspecified atom stereocenters. The van der Waals surface area contributed by atoms with Gasteiger partial charge in [-0.3, -0.25) is 0 Å². The third-order valence-corrected chi connectivity index (χ3v) is 5.55. The minimum Gasteiger partial charge on any atom is -0.357 e. The van der Waals surface area contributed by atoms with Gasteiger partial charge in [0.25, 0.3) is 0 Å². The molecule has 128 valence electrons. The lowest BCUT2D eigenvalue weighted by Gasteiger charge is -2.11. The molecular formula is C19H26N4S. The Kier molecular flexibility index (Phi) is 5.19. The number of thiazole rings is 1. The van der Waals surface area contributed by atoms with Gasteiger partial charge in [-0.2, -0.15) is 0 Å². The van der Waals surface area contributed by atoms with Crippen molar-refractivity contribution in [1.29, 1.82) is 0 Å². The summed E-state index contributed by atoms with van der Waals surface area (Å²) in [5.41, 5.74) is 3.95. The molecule has 3 rings (SSSR count). The van der Waals surface area contributed by atoms with Gasteiger partial charge >= 0.3 is 0 Å². The average molecular weight is 343 g/mol. The number of aliphatic imine (C=N–C) groups is 1. The van der Waals surface area contributed by atoms with Crippen molar-refractivity contribution in [3.8, 4) is 0 Å². The van der Waals surface area contributed by atoms with Gasteiger partial charge in [0.15, 0.2) is 5.96 Å². The van der Waals surface area contributed by atoms with Gasteiger partial charge in [0, 0.05) is 23.4 Å². The Morgan fingerprint density at radius 1 is 1.29 bits per heavy atom. The van der Waals surface area contributed by atoms with Crippen LogP contribution >= 0.6 is 11.3 Å². The second kappa shape index (κ2) is 7.34. The molecular weight excluding hydrogens is 316 g/mol. The molecule has 1 aromatic heterocycles. The molecule has 0 radical (unpaired) electrons. The zero-order chi connectivity index (χ0) is 17.1. The van der Waals surface area contributed by atoms with Crippen LogP contribution in [0.2, 0.25) is 0 Å². The Balaban J connectivity index is 1.62. The normalized spacial score (nSPS) is 20.1. The van der Waals surface area contributed by atoms with E-state index >= 15 is 0 Å². The highest BCUT2D eigenvalue weighted by molar-refractivity contribution is 7.11. The topological polar surface area (TPSA) is 49.3 Å². The fourth-order valence-corrected chi connectivity index (χ4v) is 3.81. The number of nitrogens with one attached hydrogen (secondary N) is 2. The summed E-state index contributed by atoms with van der Waals surface area (Å²) < 4.78 is 0. The number of guanidine groups is 1. The smallest absolute Gasteiger partial charge is 0.191 e. The molecule has 5 heteroatoms. The minimum absolute atomic E-state index is 0.476. The highest BCUT2D eigenvalue weighted by atomic mass is 32.1. The first-order valence-corrected chi connectivity index (χ1v) is 9.43. The van der Waals surface area contributed by atoms with E-state index in [9.17, 15) is 0 Å². The molecule has 2 aromatic rings. The summed E-state index contributed by atoms with van der Waals surface area (Å²) in [5.74, 6) is 1.49. The number of rotatable bonds is 5. The standard InChI is InChI=1S/C19H26N4S/c1-5-20-19(21-11-18-22-13(3)14(4)24-18)23-17-10-16(17)15-9-7-6-8-12(15)2/h6-9,16-17H,5,10-11H2,1-4H3,(H2,20,21,23). The molecule has 1 saturated carbocycles. The molecule has 2 atom stereocenters. The minimum atomic E-state index is 0.476. The summed E-state index contributed by atoms with van der Waals surface area (Å²) in [5, 5.41) is 8.00. The van der Waals surface area contributed by atoms with Gasteiger partial charge in [-0.25, -0.2) is 9.98 Å². The zero-order valence-corrected chi connectivity index (χ0v) is 15.7. The second-order valence-corrected chi connectivity index (χ2v) is 7.68. The fraction of sp³-hybridized carbons (Fsp3) is 0.474. The Morgan fingerprint density at radius 2 is 2.08 bits per heavy atom. The summed E-state index contributed by atoms with van der Waals surface area (Å²) >= 11 is 1.73. The van der Waals surface area contributed by atoms with Gasteiger partial charge < -0.3 is 10.6 Å². The van der Waals surface area contributed by atoms with Crippen molar-refractivity contribution in [1.82, 2.24) is 15.6 Å². The van der Waals surface area contributed by atoms with E-state index in [4.69, 9.17) is 4.99 Å². The maximum Gasteiger partial charge on any atom is 0.191 e. The zero-order valence-electron chi connectivity index (χ0n) is 14.9. The lowest BCUT2D eigenvalue weighted by molar-refractivity contribution is 0.792. The monoisotopic (exact) mass is 342 g/mol. The van der Waals surface area contributed by atoms with Crippen LogP contribution in [0.25, 0.3) is 0 Å². The molecule has 1 aromatic carbocycles. The second-order valence-electron chi connectivity index (χ2n) is 6.39. The van der Waals surface area contributed by atoms with Crippen LogP contribution in [0.5, 0.6) is 0 Å². The highest BCUT2D eigenvalue weighted by Gasteiger charge is 2.39. The number of hydrogen-bond donors (Lipinski definition) is 2. The molecule has 4 nitrogen and oxygen atoms in total. The van der Waals surface area contributed by atoms with E-state index in [1.807, 2.05) is 0 Å². The molecule has 0 amide bonds. The largest absolute Gasteiger partial charge is 0.357 e. The number of benzene rings is 1. The van der Waals surface area contributed by atoms with Gasteiger partial charge in [0.1, 0.15) is 5.01 Å². The first-order valence-electron chi connectivity index (χ1n) is 8.61. The third-order valence-electron chi connectivity index (χ3n) is 4.49. The molecule has 1 heterocycles. The first kappa shape index (κ1) is 17.0. The summed E-state index contributed by atoms with van der Waals surface area (Å²) in [7, 11) is 0. The number of nitrogens with zero attached hydrogens (tertiary/aromatic N) is 2. The van der Waals surface area contributed by atoms with Crippen LogP contribution in [0, 0.1) is 20.8 Å². The van der Waals surface area contributed by atoms with Crippen molar-refractivity contribution < 1.29 is 0 Å². The molecule has 2 N–H and O–H groups in total. The summed E-state index contributed by atoms with van der Waals surface area (Å²) in [6.07, 6.45) is 1.17. The van der Waals surface area contributed by atoms with E-state index in [0.717, 1.165) is 23.2 Å². The predicted molar refractivity (Wildman–Crippen MR) is 102 cm³/mol. The van der Waals surface area contributed by atoms with E-state index in [-0.39, 0.29) is 0 Å². The van der Waals surface area contributed by atoms with E-state index in [1.54, 1.807) is 11.3 Å². The van der Waals surface area contributed by atoms with Crippen LogP contribution in [0.3, 0.4) is 0 Å². The van der Waals surface area contributed by atoms with Gasteiger partial charge in [-0.05, 0) is 45.2 Å². The van der Waals surface area contributed by atoms with Crippen molar-refractivity contribution in [2.75, 3.05) is 6.54 Å². The Hall–Kier alpha value is -1.88. The lowest BCUT2D eigenvalue weighted by atomic mass is 10.0. The molecule has 24 heavy (non-hydrogen) atoms. The SMILES string of the molecule is CCNC(=NCc1nc(C)c(C)s1)NC1CC1c1ccccc1C. The van der Waals surface area contributed by atoms with E-state index in [2.05, 4.69) is 67.6 Å². The molecule has 0 bridgehead atoms. The maximum absolute atomic E-state index is 4.71. The number of hydrogen-bond acceptors (Lipinski definition) is 3. The lowest BCUT2D eigenvalue weighted by Crippen LogP contribution is -2.39. The number of aromatic nitrogens is 1. The quantitative estimate of drug-likeness (QED) is 0.644. The van der Waals surface area contributed by atoms with Crippen molar-refractivity contribution >= 4 is 17.3 Å².